The van der Waals surface area contributed by atoms with Gasteiger partial charge in [-0.1, -0.05) is 31.6 Å². The van der Waals surface area contributed by atoms with Gasteiger partial charge in [0.25, 0.3) is 0 Å². The molecule has 0 bridgehead atoms. The molecule has 0 spiro atoms. The van der Waals surface area contributed by atoms with Crippen LogP contribution in [-0.2, 0) is 0 Å². The minimum atomic E-state index is -1.27. The van der Waals surface area contributed by atoms with Gasteiger partial charge in [0.15, 0.2) is 0 Å². The molecule has 0 fully saturated rings. The SMILES string of the molecule is C[Si](C)(C)C#CC1=CCCC1O. The molecule has 0 heterocycles. The Morgan fingerprint density at radius 3 is 2.58 bits per heavy atom. The summed E-state index contributed by atoms with van der Waals surface area (Å²) in [6, 6.07) is 0. The summed E-state index contributed by atoms with van der Waals surface area (Å²) >= 11 is 0. The van der Waals surface area contributed by atoms with Crippen LogP contribution in [0.2, 0.25) is 19.6 Å². The van der Waals surface area contributed by atoms with Gasteiger partial charge in [0.2, 0.25) is 0 Å². The normalized spacial score (nSPS) is 23.0. The van der Waals surface area contributed by atoms with Crippen LogP contribution >= 0.6 is 0 Å². The van der Waals surface area contributed by atoms with Crippen molar-refractivity contribution >= 4 is 8.07 Å². The summed E-state index contributed by atoms with van der Waals surface area (Å²) in [5.74, 6) is 3.09. The lowest BCUT2D eigenvalue weighted by Crippen LogP contribution is -2.17. The van der Waals surface area contributed by atoms with Crippen molar-refractivity contribution in [3.8, 4) is 11.5 Å². The zero-order valence-electron chi connectivity index (χ0n) is 8.02. The first kappa shape index (κ1) is 9.56. The van der Waals surface area contributed by atoms with Crippen LogP contribution in [0.25, 0.3) is 0 Å². The smallest absolute Gasteiger partial charge is 0.129 e. The number of aliphatic hydroxyl groups is 1. The van der Waals surface area contributed by atoms with Crippen LogP contribution in [0.1, 0.15) is 12.8 Å². The molecular weight excluding hydrogens is 164 g/mol. The van der Waals surface area contributed by atoms with E-state index in [4.69, 9.17) is 0 Å². The second-order valence-electron chi connectivity index (χ2n) is 4.25. The molecule has 0 saturated heterocycles. The Hall–Kier alpha value is -0.523. The maximum atomic E-state index is 9.43. The van der Waals surface area contributed by atoms with Gasteiger partial charge in [0.05, 0.1) is 6.10 Å². The van der Waals surface area contributed by atoms with E-state index in [9.17, 15) is 5.11 Å². The van der Waals surface area contributed by atoms with E-state index in [0.29, 0.717) is 0 Å². The first-order valence-corrected chi connectivity index (χ1v) is 7.90. The number of hydrogen-bond donors (Lipinski definition) is 1. The lowest BCUT2D eigenvalue weighted by molar-refractivity contribution is 0.216. The molecule has 1 rings (SSSR count). The van der Waals surface area contributed by atoms with Crippen molar-refractivity contribution in [3.05, 3.63) is 11.6 Å². The molecule has 1 unspecified atom stereocenters. The lowest BCUT2D eigenvalue weighted by Gasteiger charge is -2.05. The van der Waals surface area contributed by atoms with Crippen LogP contribution in [0, 0.1) is 11.5 Å². The van der Waals surface area contributed by atoms with Gasteiger partial charge in [0, 0.05) is 5.57 Å². The summed E-state index contributed by atoms with van der Waals surface area (Å²) in [5, 5.41) is 9.43. The van der Waals surface area contributed by atoms with Crippen LogP contribution in [0.4, 0.5) is 0 Å². The predicted octanol–water partition coefficient (Wildman–Crippen LogP) is 1.95. The van der Waals surface area contributed by atoms with Gasteiger partial charge in [-0.3, -0.25) is 0 Å². The minimum absolute atomic E-state index is 0.283. The summed E-state index contributed by atoms with van der Waals surface area (Å²) in [7, 11) is -1.27. The molecule has 0 aliphatic heterocycles. The lowest BCUT2D eigenvalue weighted by atomic mass is 10.2. The van der Waals surface area contributed by atoms with Crippen LogP contribution in [0.15, 0.2) is 11.6 Å². The van der Waals surface area contributed by atoms with Crippen LogP contribution in [0.5, 0.6) is 0 Å². The average Bonchev–Trinajstić information content (AvgIpc) is 2.29. The van der Waals surface area contributed by atoms with E-state index in [-0.39, 0.29) is 6.10 Å². The van der Waals surface area contributed by atoms with E-state index in [1.807, 2.05) is 0 Å². The quantitative estimate of drug-likeness (QED) is 0.446. The molecule has 0 aromatic carbocycles. The molecule has 0 radical (unpaired) electrons. The molecule has 1 N–H and O–H groups in total. The average molecular weight is 180 g/mol. The molecule has 1 nitrogen and oxygen atoms in total. The molecule has 0 aromatic heterocycles. The van der Waals surface area contributed by atoms with Crippen molar-refractivity contribution in [2.45, 2.75) is 38.6 Å². The van der Waals surface area contributed by atoms with Crippen molar-refractivity contribution in [1.29, 1.82) is 0 Å². The second kappa shape index (κ2) is 3.47. The predicted molar refractivity (Wildman–Crippen MR) is 54.4 cm³/mol. The van der Waals surface area contributed by atoms with E-state index in [0.717, 1.165) is 18.4 Å². The van der Waals surface area contributed by atoms with Gasteiger partial charge in [-0.2, -0.15) is 0 Å². The van der Waals surface area contributed by atoms with Gasteiger partial charge in [-0.05, 0) is 12.8 Å². The summed E-state index contributed by atoms with van der Waals surface area (Å²) in [6.45, 7) is 6.63. The van der Waals surface area contributed by atoms with Crippen molar-refractivity contribution in [2.24, 2.45) is 0 Å². The maximum absolute atomic E-state index is 9.43. The van der Waals surface area contributed by atoms with E-state index in [1.165, 1.54) is 0 Å². The standard InChI is InChI=1S/C10H16OSi/c1-12(2,3)8-7-9-5-4-6-10(9)11/h5,10-11H,4,6H2,1-3H3. The maximum Gasteiger partial charge on any atom is 0.129 e. The molecule has 2 heteroatoms. The summed E-state index contributed by atoms with van der Waals surface area (Å²) in [6.07, 6.45) is 3.61. The van der Waals surface area contributed by atoms with E-state index in [2.05, 4.69) is 37.2 Å². The third kappa shape index (κ3) is 2.84. The molecule has 12 heavy (non-hydrogen) atoms. The minimum Gasteiger partial charge on any atom is -0.388 e. The van der Waals surface area contributed by atoms with Crippen molar-refractivity contribution in [1.82, 2.24) is 0 Å². The topological polar surface area (TPSA) is 20.2 Å². The van der Waals surface area contributed by atoms with Crippen LogP contribution in [-0.4, -0.2) is 19.3 Å². The van der Waals surface area contributed by atoms with Gasteiger partial charge in [-0.15, -0.1) is 5.54 Å². The summed E-state index contributed by atoms with van der Waals surface area (Å²) in [5.41, 5.74) is 4.20. The van der Waals surface area contributed by atoms with Crippen LogP contribution in [0.3, 0.4) is 0 Å². The first-order valence-electron chi connectivity index (χ1n) is 4.40. The molecular formula is C10H16OSi. The Labute approximate surface area is 75.5 Å². The highest BCUT2D eigenvalue weighted by atomic mass is 28.3. The third-order valence-corrected chi connectivity index (χ3v) is 2.62. The monoisotopic (exact) mass is 180 g/mol. The van der Waals surface area contributed by atoms with Crippen molar-refractivity contribution in [2.75, 3.05) is 0 Å². The van der Waals surface area contributed by atoms with Gasteiger partial charge in [0.1, 0.15) is 8.07 Å². The number of rotatable bonds is 0. The summed E-state index contributed by atoms with van der Waals surface area (Å²) < 4.78 is 0. The fourth-order valence-electron chi connectivity index (χ4n) is 1.08. The molecule has 1 aliphatic rings. The largest absolute Gasteiger partial charge is 0.388 e. The Kier molecular flexibility index (Phi) is 2.76. The third-order valence-electron chi connectivity index (χ3n) is 1.75. The van der Waals surface area contributed by atoms with Gasteiger partial charge >= 0.3 is 0 Å². The Morgan fingerprint density at radius 1 is 1.50 bits per heavy atom. The van der Waals surface area contributed by atoms with Crippen LogP contribution < -0.4 is 0 Å². The fourth-order valence-corrected chi connectivity index (χ4v) is 1.60. The molecule has 1 atom stereocenters. The van der Waals surface area contributed by atoms with Crippen molar-refractivity contribution < 1.29 is 5.11 Å². The second-order valence-corrected chi connectivity index (χ2v) is 9.00. The molecule has 0 saturated carbocycles. The Morgan fingerprint density at radius 2 is 2.17 bits per heavy atom. The molecule has 66 valence electrons. The van der Waals surface area contributed by atoms with E-state index < -0.39 is 8.07 Å². The molecule has 0 aromatic rings. The Bertz CT molecular complexity index is 249. The zero-order valence-corrected chi connectivity index (χ0v) is 9.02. The highest BCUT2D eigenvalue weighted by Crippen LogP contribution is 2.17. The zero-order chi connectivity index (χ0) is 9.19. The van der Waals surface area contributed by atoms with Gasteiger partial charge in [-0.25, -0.2) is 0 Å². The fraction of sp³-hybridized carbons (Fsp3) is 0.600. The Balaban J connectivity index is 2.66. The van der Waals surface area contributed by atoms with E-state index >= 15 is 0 Å². The highest BCUT2D eigenvalue weighted by Gasteiger charge is 2.14. The molecule has 0 amide bonds. The number of aliphatic hydroxyl groups excluding tert-OH is 1. The highest BCUT2D eigenvalue weighted by molar-refractivity contribution is 6.83. The first-order chi connectivity index (χ1) is 5.49. The molecule has 1 aliphatic carbocycles. The van der Waals surface area contributed by atoms with Gasteiger partial charge < -0.3 is 5.11 Å². The van der Waals surface area contributed by atoms with E-state index in [1.54, 1.807) is 0 Å². The van der Waals surface area contributed by atoms with Crippen molar-refractivity contribution in [3.63, 3.8) is 0 Å². The number of allylic oxidation sites excluding steroid dienone is 1. The summed E-state index contributed by atoms with van der Waals surface area (Å²) in [4.78, 5) is 0. The number of hydrogen-bond acceptors (Lipinski definition) is 1.